The van der Waals surface area contributed by atoms with Crippen LogP contribution in [0, 0.1) is 0 Å². The number of aliphatic hydroxyl groups excluding tert-OH is 11. The fourth-order valence-electron chi connectivity index (χ4n) is 4.03. The average molecular weight is 504 g/mol. The van der Waals surface area contributed by atoms with Crippen LogP contribution in [0.15, 0.2) is 0 Å². The third kappa shape index (κ3) is 5.37. The van der Waals surface area contributed by atoms with Gasteiger partial charge in [-0.1, -0.05) is 0 Å². The largest absolute Gasteiger partial charge is 0.394 e. The first-order valence-electron chi connectivity index (χ1n) is 10.6. The Bertz CT molecular complexity index is 639. The molecular weight excluding hydrogens is 472 g/mol. The second-order valence-corrected chi connectivity index (χ2v) is 8.33. The van der Waals surface area contributed by atoms with E-state index in [2.05, 4.69) is 0 Å². The minimum Gasteiger partial charge on any atom is -0.394 e. The minimum absolute atomic E-state index is 0.762. The standard InChI is InChI=1S/C18H32O16/c19-1-4-7(22)10(25)12(27)17(31-4)34-15-11(26)8(23)5(2-20)32-18(15)33-14-9(24)6(3-21)30-16(29)13(14)28/h4-29H,1-3H2. The molecule has 0 amide bonds. The highest BCUT2D eigenvalue weighted by molar-refractivity contribution is 4.96. The summed E-state index contributed by atoms with van der Waals surface area (Å²) in [5.74, 6) is 0. The van der Waals surface area contributed by atoms with E-state index in [0.29, 0.717) is 0 Å². The number of aliphatic hydroxyl groups is 11. The molecule has 15 unspecified atom stereocenters. The highest BCUT2D eigenvalue weighted by Crippen LogP contribution is 2.32. The van der Waals surface area contributed by atoms with Gasteiger partial charge in [-0.2, -0.15) is 0 Å². The van der Waals surface area contributed by atoms with Crippen LogP contribution in [0.4, 0.5) is 0 Å². The molecule has 34 heavy (non-hydrogen) atoms. The van der Waals surface area contributed by atoms with Crippen LogP contribution in [0.2, 0.25) is 0 Å². The van der Waals surface area contributed by atoms with Crippen LogP contribution >= 0.6 is 0 Å². The van der Waals surface area contributed by atoms with Gasteiger partial charge in [0.25, 0.3) is 0 Å². The Kier molecular flexibility index (Phi) is 9.54. The first-order valence-corrected chi connectivity index (χ1v) is 10.6. The van der Waals surface area contributed by atoms with Crippen molar-refractivity contribution >= 4 is 0 Å². The van der Waals surface area contributed by atoms with Crippen LogP contribution in [0.1, 0.15) is 0 Å². The molecule has 3 aliphatic heterocycles. The molecule has 0 aromatic carbocycles. The van der Waals surface area contributed by atoms with Gasteiger partial charge in [-0.3, -0.25) is 0 Å². The third-order valence-electron chi connectivity index (χ3n) is 6.10. The number of hydrogen-bond donors (Lipinski definition) is 11. The monoisotopic (exact) mass is 504 g/mol. The summed E-state index contributed by atoms with van der Waals surface area (Å²) in [6, 6.07) is 0. The maximum Gasteiger partial charge on any atom is 0.187 e. The molecule has 3 heterocycles. The zero-order valence-electron chi connectivity index (χ0n) is 17.7. The SMILES string of the molecule is OCC1OC(OC2C(OC3C(O)C(O)OC(CO)C3O)OC(CO)C(O)C2O)C(O)C(O)C1O. The van der Waals surface area contributed by atoms with Crippen molar-refractivity contribution in [1.29, 1.82) is 0 Å². The molecule has 15 atom stereocenters. The summed E-state index contributed by atoms with van der Waals surface area (Å²) >= 11 is 0. The molecule has 200 valence electrons. The van der Waals surface area contributed by atoms with Gasteiger partial charge >= 0.3 is 0 Å². The van der Waals surface area contributed by atoms with E-state index < -0.39 is 112 Å². The third-order valence-corrected chi connectivity index (χ3v) is 6.10. The summed E-state index contributed by atoms with van der Waals surface area (Å²) in [5.41, 5.74) is 0. The first kappa shape index (κ1) is 27.9. The van der Waals surface area contributed by atoms with Crippen LogP contribution in [-0.2, 0) is 23.7 Å². The Morgan fingerprint density at radius 3 is 1.47 bits per heavy atom. The normalized spacial score (nSPS) is 52.5. The second-order valence-electron chi connectivity index (χ2n) is 8.33. The first-order chi connectivity index (χ1) is 16.0. The highest BCUT2D eigenvalue weighted by atomic mass is 16.8. The van der Waals surface area contributed by atoms with E-state index in [1.54, 1.807) is 0 Å². The zero-order valence-corrected chi connectivity index (χ0v) is 17.7. The van der Waals surface area contributed by atoms with E-state index in [4.69, 9.17) is 23.7 Å². The lowest BCUT2D eigenvalue weighted by atomic mass is 9.96. The number of hydrogen-bond acceptors (Lipinski definition) is 16. The van der Waals surface area contributed by atoms with Crippen molar-refractivity contribution in [1.82, 2.24) is 0 Å². The van der Waals surface area contributed by atoms with Crippen molar-refractivity contribution in [3.63, 3.8) is 0 Å². The number of ether oxygens (including phenoxy) is 5. The maximum absolute atomic E-state index is 10.6. The van der Waals surface area contributed by atoms with Crippen LogP contribution in [-0.4, -0.2) is 168 Å². The molecule has 3 rings (SSSR count). The molecule has 0 aliphatic carbocycles. The topological polar surface area (TPSA) is 269 Å². The molecule has 16 nitrogen and oxygen atoms in total. The molecule has 3 aliphatic rings. The smallest absolute Gasteiger partial charge is 0.187 e. The Morgan fingerprint density at radius 2 is 0.912 bits per heavy atom. The van der Waals surface area contributed by atoms with E-state index in [-0.39, 0.29) is 0 Å². The quantitative estimate of drug-likeness (QED) is 0.154. The fourth-order valence-corrected chi connectivity index (χ4v) is 4.03. The molecule has 0 radical (unpaired) electrons. The van der Waals surface area contributed by atoms with Gasteiger partial charge in [0, 0.05) is 0 Å². The van der Waals surface area contributed by atoms with Gasteiger partial charge in [-0.15, -0.1) is 0 Å². The molecule has 0 aromatic heterocycles. The summed E-state index contributed by atoms with van der Waals surface area (Å²) < 4.78 is 26.5. The molecule has 0 aromatic rings. The van der Waals surface area contributed by atoms with Crippen molar-refractivity contribution in [3.8, 4) is 0 Å². The van der Waals surface area contributed by atoms with Crippen molar-refractivity contribution < 1.29 is 79.9 Å². The van der Waals surface area contributed by atoms with E-state index in [0.717, 1.165) is 0 Å². The second kappa shape index (κ2) is 11.6. The summed E-state index contributed by atoms with van der Waals surface area (Å²) in [6.07, 6.45) is -25.7. The van der Waals surface area contributed by atoms with Gasteiger partial charge in [0.2, 0.25) is 0 Å². The molecule has 0 spiro atoms. The lowest BCUT2D eigenvalue weighted by molar-refractivity contribution is -0.387. The van der Waals surface area contributed by atoms with Crippen LogP contribution < -0.4 is 0 Å². The van der Waals surface area contributed by atoms with Crippen molar-refractivity contribution in [2.75, 3.05) is 19.8 Å². The van der Waals surface area contributed by atoms with E-state index in [9.17, 15) is 56.2 Å². The zero-order chi connectivity index (χ0) is 25.3. The molecule has 16 heteroatoms. The number of rotatable bonds is 7. The Labute approximate surface area is 192 Å². The molecular formula is C18H32O16. The Balaban J connectivity index is 1.84. The highest BCUT2D eigenvalue weighted by Gasteiger charge is 2.53. The molecule has 0 saturated carbocycles. The van der Waals surface area contributed by atoms with Gasteiger partial charge in [-0.05, 0) is 0 Å². The van der Waals surface area contributed by atoms with E-state index in [1.807, 2.05) is 0 Å². The summed E-state index contributed by atoms with van der Waals surface area (Å²) in [4.78, 5) is 0. The van der Waals surface area contributed by atoms with Crippen molar-refractivity contribution in [2.24, 2.45) is 0 Å². The fraction of sp³-hybridized carbons (Fsp3) is 1.00. The van der Waals surface area contributed by atoms with Crippen molar-refractivity contribution in [3.05, 3.63) is 0 Å². The van der Waals surface area contributed by atoms with Crippen molar-refractivity contribution in [2.45, 2.75) is 92.1 Å². The predicted molar refractivity (Wildman–Crippen MR) is 101 cm³/mol. The Morgan fingerprint density at radius 1 is 0.441 bits per heavy atom. The van der Waals surface area contributed by atoms with Crippen LogP contribution in [0.25, 0.3) is 0 Å². The van der Waals surface area contributed by atoms with E-state index >= 15 is 0 Å². The lowest BCUT2D eigenvalue weighted by Crippen LogP contribution is -2.67. The lowest BCUT2D eigenvalue weighted by Gasteiger charge is -2.48. The maximum atomic E-state index is 10.6. The molecule has 11 N–H and O–H groups in total. The summed E-state index contributed by atoms with van der Waals surface area (Å²) in [7, 11) is 0. The minimum atomic E-state index is -1.89. The van der Waals surface area contributed by atoms with E-state index in [1.165, 1.54) is 0 Å². The summed E-state index contributed by atoms with van der Waals surface area (Å²) in [5, 5.41) is 110. The Hall–Kier alpha value is -0.640. The van der Waals surface area contributed by atoms with Gasteiger partial charge in [0.05, 0.1) is 19.8 Å². The molecule has 3 saturated heterocycles. The van der Waals surface area contributed by atoms with Gasteiger partial charge < -0.3 is 79.9 Å². The molecule has 3 fully saturated rings. The predicted octanol–water partition coefficient (Wildman–Crippen LogP) is -7.57. The van der Waals surface area contributed by atoms with Gasteiger partial charge in [0.1, 0.15) is 73.2 Å². The van der Waals surface area contributed by atoms with Gasteiger partial charge in [-0.25, -0.2) is 0 Å². The summed E-state index contributed by atoms with van der Waals surface area (Å²) in [6.45, 7) is -2.34. The van der Waals surface area contributed by atoms with Crippen LogP contribution in [0.3, 0.4) is 0 Å². The van der Waals surface area contributed by atoms with Gasteiger partial charge in [0.15, 0.2) is 18.9 Å². The van der Waals surface area contributed by atoms with Crippen LogP contribution in [0.5, 0.6) is 0 Å². The molecule has 0 bridgehead atoms. The average Bonchev–Trinajstić information content (AvgIpc) is 2.83.